The number of aliphatic hydroxyl groups is 1. The second-order valence-corrected chi connectivity index (χ2v) is 9.03. The molecule has 32 heavy (non-hydrogen) atoms. The molecule has 1 aliphatic rings. The average molecular weight is 453 g/mol. The Hall–Kier alpha value is -1.44. The number of hydrogen-bond acceptors (Lipinski definition) is 6. The number of anilines is 1. The second kappa shape index (κ2) is 15.4. The molecule has 1 saturated heterocycles. The number of nitrogen functional groups attached to an aromatic ring is 1. The number of ether oxygens (including phenoxy) is 2. The largest absolute Gasteiger partial charge is 0.388 e. The van der Waals surface area contributed by atoms with Crippen molar-refractivity contribution in [2.24, 2.45) is 0 Å². The quantitative estimate of drug-likeness (QED) is 0.324. The molecule has 0 radical (unpaired) electrons. The molecule has 1 fully saturated rings. The van der Waals surface area contributed by atoms with Crippen LogP contribution < -0.4 is 11.4 Å². The van der Waals surface area contributed by atoms with E-state index in [-0.39, 0.29) is 12.7 Å². The Bertz CT molecular complexity index is 702. The van der Waals surface area contributed by atoms with Gasteiger partial charge in [0.25, 0.3) is 0 Å². The van der Waals surface area contributed by atoms with Crippen LogP contribution in [0.25, 0.3) is 0 Å². The van der Waals surface area contributed by atoms with Gasteiger partial charge in [0.15, 0.2) is 6.23 Å². The van der Waals surface area contributed by atoms with E-state index in [9.17, 15) is 9.90 Å². The summed E-state index contributed by atoms with van der Waals surface area (Å²) in [6, 6.07) is 1.51. The van der Waals surface area contributed by atoms with E-state index in [2.05, 4.69) is 11.9 Å². The molecule has 184 valence electrons. The molecular formula is C25H45N3O4. The van der Waals surface area contributed by atoms with Gasteiger partial charge in [-0.1, -0.05) is 90.4 Å². The molecule has 4 atom stereocenters. The van der Waals surface area contributed by atoms with Crippen molar-refractivity contribution in [1.82, 2.24) is 9.55 Å². The Labute approximate surface area is 195 Å². The second-order valence-electron chi connectivity index (χ2n) is 9.03. The van der Waals surface area contributed by atoms with Crippen LogP contribution in [0.15, 0.2) is 17.1 Å². The van der Waals surface area contributed by atoms with E-state index in [4.69, 9.17) is 16.6 Å². The number of aliphatic hydroxyl groups excluding tert-OH is 1. The summed E-state index contributed by atoms with van der Waals surface area (Å²) < 4.78 is 20.5. The van der Waals surface area contributed by atoms with Gasteiger partial charge in [-0.15, -0.1) is 0 Å². The maximum Gasteiger partial charge on any atom is 0.351 e. The molecule has 1 aromatic heterocycles. The molecule has 1 unspecified atom stereocenters. The van der Waals surface area contributed by atoms with Crippen LogP contribution in [0.3, 0.4) is 0 Å². The number of unbranched alkanes of at least 4 members (excludes halogenated alkanes) is 13. The van der Waals surface area contributed by atoms with Crippen LogP contribution in [0, 0.1) is 0 Å². The van der Waals surface area contributed by atoms with Crippen molar-refractivity contribution in [3.05, 3.63) is 22.7 Å². The van der Waals surface area contributed by atoms with Crippen LogP contribution in [0.2, 0.25) is 0 Å². The number of nitrogens with two attached hydrogens (primary N) is 1. The van der Waals surface area contributed by atoms with E-state index >= 15 is 0 Å². The lowest BCUT2D eigenvalue weighted by Gasteiger charge is -2.22. The summed E-state index contributed by atoms with van der Waals surface area (Å²) in [4.78, 5) is 15.9. The zero-order valence-corrected chi connectivity index (χ0v) is 19.9. The zero-order valence-electron chi connectivity index (χ0n) is 20.9. The normalized spacial score (nSPS) is 23.5. The summed E-state index contributed by atoms with van der Waals surface area (Å²) in [5.74, 6) is 0.131. The molecule has 0 bridgehead atoms. The van der Waals surface area contributed by atoms with Crippen LogP contribution in [0.5, 0.6) is 0 Å². The average Bonchev–Trinajstić information content (AvgIpc) is 3.11. The molecule has 2 rings (SSSR count). The van der Waals surface area contributed by atoms with E-state index in [0.717, 1.165) is 12.8 Å². The first-order chi connectivity index (χ1) is 16.1. The van der Waals surface area contributed by atoms with Crippen molar-refractivity contribution in [2.75, 3.05) is 12.3 Å². The van der Waals surface area contributed by atoms with Gasteiger partial charge >= 0.3 is 5.69 Å². The summed E-state index contributed by atoms with van der Waals surface area (Å²) in [6.45, 7) is 2.65. The third kappa shape index (κ3) is 9.20. The van der Waals surface area contributed by atoms with Crippen LogP contribution in [0.1, 0.15) is 111 Å². The molecule has 1 aromatic rings. The third-order valence-corrected chi connectivity index (χ3v) is 6.25. The Morgan fingerprint density at radius 1 is 1.06 bits per heavy atom. The van der Waals surface area contributed by atoms with Crippen LogP contribution in [-0.2, 0) is 9.47 Å². The monoisotopic (exact) mass is 452 g/mol. The molecule has 0 saturated carbocycles. The van der Waals surface area contributed by atoms with Crippen LogP contribution in [0.4, 0.5) is 5.82 Å². The number of aromatic nitrogens is 2. The molecule has 7 nitrogen and oxygen atoms in total. The molecule has 0 aromatic carbocycles. The minimum atomic E-state index is -0.955. The fourth-order valence-corrected chi connectivity index (χ4v) is 4.26. The van der Waals surface area contributed by atoms with Gasteiger partial charge in [-0.05, 0) is 19.4 Å². The summed E-state index contributed by atoms with van der Waals surface area (Å²) in [7, 11) is 0. The van der Waals surface area contributed by atoms with Gasteiger partial charge in [-0.25, -0.2) is 4.79 Å². The Kier molecular flexibility index (Phi) is 12.1. The molecule has 3 N–H and O–H groups in total. The molecular weight excluding hydrogens is 406 g/mol. The third-order valence-electron chi connectivity index (χ3n) is 6.25. The van der Waals surface area contributed by atoms with E-state index in [1.54, 1.807) is 0 Å². The minimum Gasteiger partial charge on any atom is -0.388 e. The van der Waals surface area contributed by atoms with E-state index < -0.39 is 30.2 Å². The van der Waals surface area contributed by atoms with Gasteiger partial charge < -0.3 is 20.3 Å². The minimum absolute atomic E-state index is 0.104. The van der Waals surface area contributed by atoms with Gasteiger partial charge in [-0.3, -0.25) is 4.57 Å². The summed E-state index contributed by atoms with van der Waals surface area (Å²) >= 11 is 0. The van der Waals surface area contributed by atoms with Crippen LogP contribution >= 0.6 is 0 Å². The van der Waals surface area contributed by atoms with Gasteiger partial charge in [0.2, 0.25) is 0 Å². The van der Waals surface area contributed by atoms with Crippen molar-refractivity contribution < 1.29 is 16.0 Å². The van der Waals surface area contributed by atoms with Gasteiger partial charge in [0, 0.05) is 14.2 Å². The van der Waals surface area contributed by atoms with Gasteiger partial charge in [-0.2, -0.15) is 4.98 Å². The maximum absolute atomic E-state index is 12.2. The number of nitrogens with zero attached hydrogens (tertiary/aromatic N) is 2. The van der Waals surface area contributed by atoms with E-state index in [1.807, 2.05) is 0 Å². The molecule has 1 aliphatic heterocycles. The molecule has 7 heteroatoms. The van der Waals surface area contributed by atoms with Crippen molar-refractivity contribution in [1.29, 1.82) is 0 Å². The van der Waals surface area contributed by atoms with Crippen molar-refractivity contribution in [2.45, 2.75) is 128 Å². The van der Waals surface area contributed by atoms with Crippen molar-refractivity contribution >= 4 is 5.82 Å². The highest BCUT2D eigenvalue weighted by Gasteiger charge is 2.43. The Morgan fingerprint density at radius 3 is 2.16 bits per heavy atom. The molecule has 2 heterocycles. The summed E-state index contributed by atoms with van der Waals surface area (Å²) in [5.41, 5.74) is 5.01. The molecule has 0 spiro atoms. The van der Waals surface area contributed by atoms with Crippen LogP contribution in [-0.4, -0.2) is 39.6 Å². The highest BCUT2D eigenvalue weighted by atomic mass is 16.6. The number of hydrogen-bond donors (Lipinski definition) is 2. The fraction of sp³-hybridized carbons (Fsp3) is 0.840. The summed E-state index contributed by atoms with van der Waals surface area (Å²) in [6.07, 6.45) is 16.4. The van der Waals surface area contributed by atoms with Crippen molar-refractivity contribution in [3.63, 3.8) is 0 Å². The molecule has 0 aliphatic carbocycles. The van der Waals surface area contributed by atoms with Gasteiger partial charge in [0.1, 0.15) is 18.0 Å². The lowest BCUT2D eigenvalue weighted by atomic mass is 10.0. The maximum atomic E-state index is 12.2. The van der Waals surface area contributed by atoms with Crippen molar-refractivity contribution in [3.8, 4) is 0 Å². The zero-order chi connectivity index (χ0) is 23.9. The summed E-state index contributed by atoms with van der Waals surface area (Å²) in [5, 5.41) is 10.5. The highest BCUT2D eigenvalue weighted by molar-refractivity contribution is 5.23. The molecule has 0 amide bonds. The smallest absolute Gasteiger partial charge is 0.351 e. The lowest BCUT2D eigenvalue weighted by molar-refractivity contribution is -0.0702. The standard InChI is InChI=1S/C25H45N3O4/c1-3-4-5-6-7-8-9-10-11-12-13-14-15-16-19-31-23-22(29)20(2)32-24(23)28-18-17-21(26)27-25(28)30/h17-18,20,22-24,29H,3-16,19H2,1-2H3,(H2,26,27,30)/t20-,22-,23-,24?/m1/s1/i2D. The first-order valence-corrected chi connectivity index (χ1v) is 12.7. The fourth-order valence-electron chi connectivity index (χ4n) is 4.26. The first kappa shape index (κ1) is 25.2. The Morgan fingerprint density at radius 2 is 1.62 bits per heavy atom. The SMILES string of the molecule is [2H]C[C@H]1OC(n2ccc(N)nc2=O)[C@H](OCCCCCCCCCCCCCCCC)[C@@H]1O. The topological polar surface area (TPSA) is 99.6 Å². The Balaban J connectivity index is 1.57. The predicted molar refractivity (Wildman–Crippen MR) is 129 cm³/mol. The highest BCUT2D eigenvalue weighted by Crippen LogP contribution is 2.31. The lowest BCUT2D eigenvalue weighted by Crippen LogP contribution is -2.37. The first-order valence-electron chi connectivity index (χ1n) is 13.4. The predicted octanol–water partition coefficient (Wildman–Crippen LogP) is 4.97. The van der Waals surface area contributed by atoms with Gasteiger partial charge in [0.05, 0.1) is 6.10 Å². The number of rotatable bonds is 17. The van der Waals surface area contributed by atoms with E-state index in [0.29, 0.717) is 6.61 Å². The van der Waals surface area contributed by atoms with E-state index in [1.165, 1.54) is 93.9 Å².